The third kappa shape index (κ3) is 6.25. The van der Waals surface area contributed by atoms with Crippen LogP contribution in [-0.4, -0.2) is 65.7 Å². The lowest BCUT2D eigenvalue weighted by atomic mass is 10.2. The predicted molar refractivity (Wildman–Crippen MR) is 121 cm³/mol. The SMILES string of the molecule is Cc1cn(CC(CO)OP(O)(=S)OCC2OC(n3cc(C)c(=O)[nH]c3=O)CC2O)c(=O)[nH]c1=O. The van der Waals surface area contributed by atoms with E-state index in [1.165, 1.54) is 26.2 Å². The van der Waals surface area contributed by atoms with Gasteiger partial charge in [0.25, 0.3) is 11.1 Å². The molecule has 1 saturated heterocycles. The fourth-order valence-corrected chi connectivity index (χ4v) is 4.77. The molecule has 0 amide bonds. The molecule has 34 heavy (non-hydrogen) atoms. The molecule has 0 saturated carbocycles. The van der Waals surface area contributed by atoms with Crippen molar-refractivity contribution in [3.63, 3.8) is 0 Å². The molecular formula is C18H25N4O10PS. The van der Waals surface area contributed by atoms with Crippen LogP contribution in [0, 0.1) is 13.8 Å². The maximum Gasteiger partial charge on any atom is 0.330 e. The molecule has 5 N–H and O–H groups in total. The number of nitrogens with one attached hydrogen (secondary N) is 2. The fourth-order valence-electron chi connectivity index (χ4n) is 3.32. The number of nitrogens with zero attached hydrogens (tertiary/aromatic N) is 2. The van der Waals surface area contributed by atoms with Gasteiger partial charge in [-0.05, 0) is 25.7 Å². The Bertz CT molecular complexity index is 1320. The maximum atomic E-state index is 12.1. The van der Waals surface area contributed by atoms with E-state index in [1.54, 1.807) is 0 Å². The first-order valence-corrected chi connectivity index (χ1v) is 12.7. The Kier molecular flexibility index (Phi) is 8.21. The van der Waals surface area contributed by atoms with Crippen LogP contribution >= 0.6 is 6.72 Å². The molecule has 3 heterocycles. The normalized spacial score (nSPS) is 23.0. The van der Waals surface area contributed by atoms with Crippen LogP contribution in [0.3, 0.4) is 0 Å². The molecule has 5 atom stereocenters. The van der Waals surface area contributed by atoms with Gasteiger partial charge in [-0.15, -0.1) is 0 Å². The summed E-state index contributed by atoms with van der Waals surface area (Å²) < 4.78 is 18.4. The summed E-state index contributed by atoms with van der Waals surface area (Å²) in [4.78, 5) is 61.7. The van der Waals surface area contributed by atoms with Crippen LogP contribution < -0.4 is 22.5 Å². The minimum Gasteiger partial charge on any atom is -0.394 e. The second kappa shape index (κ2) is 10.6. The van der Waals surface area contributed by atoms with E-state index in [-0.39, 0.29) is 24.1 Å². The van der Waals surface area contributed by atoms with Gasteiger partial charge < -0.3 is 28.9 Å². The van der Waals surface area contributed by atoms with E-state index in [0.29, 0.717) is 0 Å². The van der Waals surface area contributed by atoms with Crippen molar-refractivity contribution in [3.05, 3.63) is 65.2 Å². The van der Waals surface area contributed by atoms with Crippen LogP contribution in [0.1, 0.15) is 23.8 Å². The summed E-state index contributed by atoms with van der Waals surface area (Å²) in [6.45, 7) is -2.19. The van der Waals surface area contributed by atoms with E-state index in [4.69, 9.17) is 25.6 Å². The highest BCUT2D eigenvalue weighted by molar-refractivity contribution is 8.07. The zero-order valence-electron chi connectivity index (χ0n) is 18.2. The first-order chi connectivity index (χ1) is 15.9. The van der Waals surface area contributed by atoms with Crippen LogP contribution in [-0.2, 0) is 32.1 Å². The summed E-state index contributed by atoms with van der Waals surface area (Å²) in [6, 6.07) is 0. The van der Waals surface area contributed by atoms with Gasteiger partial charge in [0.15, 0.2) is 0 Å². The minimum absolute atomic E-state index is 0.0162. The molecule has 0 spiro atoms. The van der Waals surface area contributed by atoms with E-state index in [1.807, 2.05) is 0 Å². The van der Waals surface area contributed by atoms with Gasteiger partial charge in [0.2, 0.25) is 0 Å². The summed E-state index contributed by atoms with van der Waals surface area (Å²) >= 11 is 4.96. The summed E-state index contributed by atoms with van der Waals surface area (Å²) in [5.74, 6) is 0. The number of rotatable bonds is 9. The molecule has 0 radical (unpaired) electrons. The molecule has 16 heteroatoms. The quantitative estimate of drug-likeness (QED) is 0.228. The van der Waals surface area contributed by atoms with Gasteiger partial charge in [-0.2, -0.15) is 0 Å². The number of hydrogen-bond donors (Lipinski definition) is 5. The molecule has 0 aromatic carbocycles. The van der Waals surface area contributed by atoms with Gasteiger partial charge in [0.05, 0.1) is 25.9 Å². The monoisotopic (exact) mass is 520 g/mol. The zero-order valence-corrected chi connectivity index (χ0v) is 20.0. The van der Waals surface area contributed by atoms with Crippen LogP contribution in [0.25, 0.3) is 0 Å². The Hall–Kier alpha value is -2.23. The number of aromatic amines is 2. The van der Waals surface area contributed by atoms with E-state index in [2.05, 4.69) is 9.97 Å². The van der Waals surface area contributed by atoms with Crippen LogP contribution in [0.5, 0.6) is 0 Å². The number of hydrogen-bond acceptors (Lipinski definition) is 10. The molecule has 14 nitrogen and oxygen atoms in total. The smallest absolute Gasteiger partial charge is 0.330 e. The number of aromatic nitrogens is 4. The maximum absolute atomic E-state index is 12.1. The molecule has 2 aromatic heterocycles. The average molecular weight is 520 g/mol. The lowest BCUT2D eigenvalue weighted by Crippen LogP contribution is -2.35. The molecule has 1 aliphatic heterocycles. The van der Waals surface area contributed by atoms with E-state index in [9.17, 15) is 34.3 Å². The van der Waals surface area contributed by atoms with E-state index < -0.39 is 67.0 Å². The first-order valence-electron chi connectivity index (χ1n) is 10.1. The highest BCUT2D eigenvalue weighted by atomic mass is 32.5. The second-order valence-corrected chi connectivity index (χ2v) is 10.6. The third-order valence-electron chi connectivity index (χ3n) is 5.14. The number of aryl methyl sites for hydroxylation is 2. The Balaban J connectivity index is 1.62. The molecule has 3 rings (SSSR count). The minimum atomic E-state index is -3.95. The Morgan fingerprint density at radius 2 is 1.79 bits per heavy atom. The predicted octanol–water partition coefficient (Wildman–Crippen LogP) is -2.04. The summed E-state index contributed by atoms with van der Waals surface area (Å²) in [7, 11) is 0. The number of H-pyrrole nitrogens is 2. The fraction of sp³-hybridized carbons (Fsp3) is 0.556. The van der Waals surface area contributed by atoms with Crippen molar-refractivity contribution in [1.29, 1.82) is 0 Å². The molecular weight excluding hydrogens is 495 g/mol. The first kappa shape index (κ1) is 26.4. The molecule has 1 aliphatic rings. The van der Waals surface area contributed by atoms with E-state index >= 15 is 0 Å². The van der Waals surface area contributed by atoms with Crippen molar-refractivity contribution in [2.75, 3.05) is 13.2 Å². The standard InChI is InChI=1S/C18H25N4O10PS/c1-9-4-21(17(27)19-15(9)25)6-11(7-23)32-33(29,34)30-8-13-12(24)3-14(31-13)22-5-10(2)16(26)20-18(22)28/h4-5,11-14,23-24H,3,6-8H2,1-2H3,(H,29,34)(H,19,25,27)(H,20,26,28). The van der Waals surface area contributed by atoms with Gasteiger partial charge in [-0.3, -0.25) is 28.7 Å². The Labute approximate surface area is 196 Å². The van der Waals surface area contributed by atoms with Crippen LogP contribution in [0.4, 0.5) is 0 Å². The topological polar surface area (TPSA) is 198 Å². The molecule has 188 valence electrons. The van der Waals surface area contributed by atoms with Gasteiger partial charge >= 0.3 is 18.1 Å². The third-order valence-corrected chi connectivity index (χ3v) is 6.75. The summed E-state index contributed by atoms with van der Waals surface area (Å²) in [5.41, 5.74) is -1.98. The molecule has 0 aliphatic carbocycles. The van der Waals surface area contributed by atoms with Crippen molar-refractivity contribution < 1.29 is 28.9 Å². The van der Waals surface area contributed by atoms with Gasteiger partial charge in [-0.1, -0.05) is 0 Å². The van der Waals surface area contributed by atoms with E-state index in [0.717, 1.165) is 9.13 Å². The van der Waals surface area contributed by atoms with Crippen molar-refractivity contribution >= 4 is 18.5 Å². The van der Waals surface area contributed by atoms with Gasteiger partial charge in [0, 0.05) is 29.9 Å². The van der Waals surface area contributed by atoms with Gasteiger partial charge in [0.1, 0.15) is 18.4 Å². The Morgan fingerprint density at radius 1 is 1.18 bits per heavy atom. The van der Waals surface area contributed by atoms with Crippen molar-refractivity contribution in [1.82, 2.24) is 19.1 Å². The molecule has 1 fully saturated rings. The summed E-state index contributed by atoms with van der Waals surface area (Å²) in [5, 5.41) is 19.9. The zero-order chi connectivity index (χ0) is 25.2. The van der Waals surface area contributed by atoms with Crippen molar-refractivity contribution in [3.8, 4) is 0 Å². The molecule has 0 bridgehead atoms. The molecule has 2 aromatic rings. The molecule has 5 unspecified atom stereocenters. The lowest BCUT2D eigenvalue weighted by Gasteiger charge is -2.24. The number of aliphatic hydroxyl groups excluding tert-OH is 2. The number of aliphatic hydroxyl groups is 2. The highest BCUT2D eigenvalue weighted by Crippen LogP contribution is 2.46. The lowest BCUT2D eigenvalue weighted by molar-refractivity contribution is -0.0457. The van der Waals surface area contributed by atoms with Gasteiger partial charge in [-0.25, -0.2) is 9.59 Å². The number of ether oxygens (including phenoxy) is 1. The Morgan fingerprint density at radius 3 is 2.44 bits per heavy atom. The summed E-state index contributed by atoms with van der Waals surface area (Å²) in [6.07, 6.45) is -1.46. The largest absolute Gasteiger partial charge is 0.394 e. The van der Waals surface area contributed by atoms with Crippen molar-refractivity contribution in [2.45, 2.75) is 51.4 Å². The van der Waals surface area contributed by atoms with Crippen molar-refractivity contribution in [2.24, 2.45) is 0 Å². The second-order valence-electron chi connectivity index (χ2n) is 7.81. The average Bonchev–Trinajstić information content (AvgIpc) is 3.12. The van der Waals surface area contributed by atoms with Crippen LogP contribution in [0.15, 0.2) is 31.6 Å². The highest BCUT2D eigenvalue weighted by Gasteiger charge is 2.37. The van der Waals surface area contributed by atoms with Crippen LogP contribution in [0.2, 0.25) is 0 Å².